The molecule has 1 aromatic carbocycles. The molecule has 0 spiro atoms. The first-order chi connectivity index (χ1) is 8.22. The van der Waals surface area contributed by atoms with E-state index in [1.807, 2.05) is 6.07 Å². The Labute approximate surface area is 103 Å². The summed E-state index contributed by atoms with van der Waals surface area (Å²) in [6.45, 7) is 2.09. The smallest absolute Gasteiger partial charge is 0.248 e. The summed E-state index contributed by atoms with van der Waals surface area (Å²) in [6, 6.07) is 12.1. The molecule has 0 bridgehead atoms. The van der Waals surface area contributed by atoms with E-state index in [0.717, 1.165) is 10.4 Å². The zero-order valence-electron chi connectivity index (χ0n) is 9.36. The molecule has 84 valence electrons. The second kappa shape index (κ2) is 3.86. The molecule has 0 saturated heterocycles. The summed E-state index contributed by atoms with van der Waals surface area (Å²) in [5, 5.41) is 1.24. The van der Waals surface area contributed by atoms with Gasteiger partial charge in [0.2, 0.25) is 5.56 Å². The molecule has 2 nitrogen and oxygen atoms in total. The van der Waals surface area contributed by atoms with Gasteiger partial charge in [-0.05, 0) is 36.1 Å². The number of nitrogens with one attached hydrogen (secondary N) is 1. The fraction of sp³-hybridized carbons (Fsp3) is 0.0714. The first kappa shape index (κ1) is 10.3. The van der Waals surface area contributed by atoms with Crippen molar-refractivity contribution in [3.63, 3.8) is 0 Å². The number of hydrogen-bond donors (Lipinski definition) is 1. The number of benzene rings is 1. The van der Waals surface area contributed by atoms with E-state index in [2.05, 4.69) is 36.2 Å². The number of pyridine rings is 1. The molecule has 0 radical (unpaired) electrons. The van der Waals surface area contributed by atoms with Crippen LogP contribution in [0.25, 0.3) is 20.5 Å². The molecule has 0 aliphatic carbocycles. The third-order valence-corrected chi connectivity index (χ3v) is 3.90. The number of H-pyrrole nitrogens is 1. The van der Waals surface area contributed by atoms with Crippen LogP contribution < -0.4 is 5.56 Å². The van der Waals surface area contributed by atoms with Crippen molar-refractivity contribution >= 4 is 21.4 Å². The average molecular weight is 241 g/mol. The fourth-order valence-corrected chi connectivity index (χ4v) is 2.94. The van der Waals surface area contributed by atoms with E-state index < -0.39 is 0 Å². The van der Waals surface area contributed by atoms with Crippen molar-refractivity contribution in [1.29, 1.82) is 0 Å². The molecule has 3 heteroatoms. The molecule has 17 heavy (non-hydrogen) atoms. The van der Waals surface area contributed by atoms with E-state index >= 15 is 0 Å². The van der Waals surface area contributed by atoms with Crippen molar-refractivity contribution in [2.24, 2.45) is 0 Å². The van der Waals surface area contributed by atoms with Gasteiger partial charge in [-0.1, -0.05) is 17.7 Å². The zero-order valence-corrected chi connectivity index (χ0v) is 10.2. The average Bonchev–Trinajstić information content (AvgIpc) is 2.72. The largest absolute Gasteiger partial charge is 0.329 e. The van der Waals surface area contributed by atoms with Gasteiger partial charge in [0, 0.05) is 21.8 Å². The minimum absolute atomic E-state index is 0.0591. The third kappa shape index (κ3) is 1.89. The van der Waals surface area contributed by atoms with Crippen molar-refractivity contribution in [2.45, 2.75) is 6.92 Å². The van der Waals surface area contributed by atoms with Crippen molar-refractivity contribution in [1.82, 2.24) is 4.98 Å². The van der Waals surface area contributed by atoms with Gasteiger partial charge in [0.15, 0.2) is 0 Å². The van der Waals surface area contributed by atoms with E-state index in [9.17, 15) is 4.79 Å². The Balaban J connectivity index is 2.21. The summed E-state index contributed by atoms with van der Waals surface area (Å²) in [5.41, 5.74) is 2.18. The molecule has 2 heterocycles. The van der Waals surface area contributed by atoms with Crippen LogP contribution in [-0.2, 0) is 0 Å². The maximum absolute atomic E-state index is 11.3. The van der Waals surface area contributed by atoms with Crippen LogP contribution in [0.2, 0.25) is 0 Å². The van der Waals surface area contributed by atoms with E-state index in [4.69, 9.17) is 0 Å². The fourth-order valence-electron chi connectivity index (χ4n) is 1.90. The number of fused-ring (bicyclic) bond motifs is 1. The Morgan fingerprint density at radius 1 is 1.12 bits per heavy atom. The Morgan fingerprint density at radius 2 is 2.00 bits per heavy atom. The van der Waals surface area contributed by atoms with Gasteiger partial charge in [0.1, 0.15) is 0 Å². The molecule has 1 N–H and O–H groups in total. The molecule has 2 aromatic heterocycles. The van der Waals surface area contributed by atoms with Crippen molar-refractivity contribution in [3.8, 4) is 10.4 Å². The number of rotatable bonds is 1. The van der Waals surface area contributed by atoms with Crippen LogP contribution >= 0.6 is 11.3 Å². The SMILES string of the molecule is Cc1ccc2sc(-c3cc[nH]c(=O)c3)cc2c1. The summed E-state index contributed by atoms with van der Waals surface area (Å²) < 4.78 is 1.26. The number of aromatic amines is 1. The Morgan fingerprint density at radius 3 is 2.82 bits per heavy atom. The summed E-state index contributed by atoms with van der Waals surface area (Å²) in [5.74, 6) is 0. The second-order valence-corrected chi connectivity index (χ2v) is 5.18. The maximum atomic E-state index is 11.3. The quantitative estimate of drug-likeness (QED) is 0.694. The zero-order chi connectivity index (χ0) is 11.8. The predicted molar refractivity (Wildman–Crippen MR) is 72.6 cm³/mol. The van der Waals surface area contributed by atoms with Crippen LogP contribution in [-0.4, -0.2) is 4.98 Å². The van der Waals surface area contributed by atoms with Gasteiger partial charge in [-0.15, -0.1) is 11.3 Å². The number of aromatic nitrogens is 1. The van der Waals surface area contributed by atoms with Gasteiger partial charge in [-0.25, -0.2) is 0 Å². The summed E-state index contributed by atoms with van der Waals surface area (Å²) in [6.07, 6.45) is 1.69. The van der Waals surface area contributed by atoms with Crippen LogP contribution in [0.5, 0.6) is 0 Å². The van der Waals surface area contributed by atoms with Crippen LogP contribution in [0, 0.1) is 6.92 Å². The molecule has 0 aliphatic rings. The number of thiophene rings is 1. The molecule has 3 rings (SSSR count). The highest BCUT2D eigenvalue weighted by atomic mass is 32.1. The topological polar surface area (TPSA) is 32.9 Å². The standard InChI is InChI=1S/C14H11NOS/c1-9-2-3-12-11(6-9)7-13(17-12)10-4-5-15-14(16)8-10/h2-8H,1H3,(H,15,16). The van der Waals surface area contributed by atoms with Crippen molar-refractivity contribution < 1.29 is 0 Å². The lowest BCUT2D eigenvalue weighted by Gasteiger charge is -1.93. The third-order valence-electron chi connectivity index (χ3n) is 2.73. The second-order valence-electron chi connectivity index (χ2n) is 4.09. The highest BCUT2D eigenvalue weighted by molar-refractivity contribution is 7.22. The maximum Gasteiger partial charge on any atom is 0.248 e. The molecular formula is C14H11NOS. The summed E-state index contributed by atoms with van der Waals surface area (Å²) in [7, 11) is 0. The van der Waals surface area contributed by atoms with Gasteiger partial charge in [0.25, 0.3) is 0 Å². The Hall–Kier alpha value is -1.87. The van der Waals surface area contributed by atoms with Crippen LogP contribution in [0.3, 0.4) is 0 Å². The minimum atomic E-state index is -0.0591. The predicted octanol–water partition coefficient (Wildman–Crippen LogP) is 3.57. The molecule has 3 aromatic rings. The number of hydrogen-bond acceptors (Lipinski definition) is 2. The lowest BCUT2D eigenvalue weighted by atomic mass is 10.1. The first-order valence-corrected chi connectivity index (χ1v) is 6.23. The van der Waals surface area contributed by atoms with Gasteiger partial charge in [0.05, 0.1) is 0 Å². The highest BCUT2D eigenvalue weighted by Crippen LogP contribution is 2.33. The van der Waals surface area contributed by atoms with Gasteiger partial charge in [-0.3, -0.25) is 4.79 Å². The van der Waals surface area contributed by atoms with E-state index in [-0.39, 0.29) is 5.56 Å². The molecular weight excluding hydrogens is 230 g/mol. The first-order valence-electron chi connectivity index (χ1n) is 5.42. The van der Waals surface area contributed by atoms with E-state index in [0.29, 0.717) is 0 Å². The molecule has 0 fully saturated rings. The molecule has 0 unspecified atom stereocenters. The summed E-state index contributed by atoms with van der Waals surface area (Å²) in [4.78, 5) is 15.1. The van der Waals surface area contributed by atoms with Gasteiger partial charge >= 0.3 is 0 Å². The lowest BCUT2D eigenvalue weighted by Crippen LogP contribution is -2.01. The molecule has 0 aliphatic heterocycles. The van der Waals surface area contributed by atoms with Crippen molar-refractivity contribution in [3.05, 3.63) is 58.5 Å². The van der Waals surface area contributed by atoms with Gasteiger partial charge in [-0.2, -0.15) is 0 Å². The van der Waals surface area contributed by atoms with Gasteiger partial charge < -0.3 is 4.98 Å². The van der Waals surface area contributed by atoms with Crippen molar-refractivity contribution in [2.75, 3.05) is 0 Å². The lowest BCUT2D eigenvalue weighted by molar-refractivity contribution is 1.24. The number of aryl methyl sites for hydroxylation is 1. The van der Waals surface area contributed by atoms with E-state index in [1.165, 1.54) is 15.6 Å². The van der Waals surface area contributed by atoms with Crippen LogP contribution in [0.1, 0.15) is 5.56 Å². The molecule has 0 saturated carbocycles. The normalized spacial score (nSPS) is 10.9. The Bertz CT molecular complexity index is 739. The monoisotopic (exact) mass is 241 g/mol. The van der Waals surface area contributed by atoms with E-state index in [1.54, 1.807) is 23.6 Å². The van der Waals surface area contributed by atoms with Crippen LogP contribution in [0.15, 0.2) is 47.4 Å². The highest BCUT2D eigenvalue weighted by Gasteiger charge is 2.04. The minimum Gasteiger partial charge on any atom is -0.329 e. The molecule has 0 atom stereocenters. The van der Waals surface area contributed by atoms with Crippen LogP contribution in [0.4, 0.5) is 0 Å². The summed E-state index contributed by atoms with van der Waals surface area (Å²) >= 11 is 1.72. The Kier molecular flexibility index (Phi) is 2.34. The molecule has 0 amide bonds.